The van der Waals surface area contributed by atoms with Gasteiger partial charge >= 0.3 is 0 Å². The molecule has 1 aromatic rings. The van der Waals surface area contributed by atoms with Crippen molar-refractivity contribution in [1.82, 2.24) is 0 Å². The quantitative estimate of drug-likeness (QED) is 0.614. The van der Waals surface area contributed by atoms with Crippen molar-refractivity contribution in [3.8, 4) is 0 Å². The Morgan fingerprint density at radius 3 is 2.70 bits per heavy atom. The van der Waals surface area contributed by atoms with E-state index in [4.69, 9.17) is 16.8 Å². The third-order valence-electron chi connectivity index (χ3n) is 1.31. The van der Waals surface area contributed by atoms with E-state index in [1.165, 1.54) is 0 Å². The van der Waals surface area contributed by atoms with Crippen molar-refractivity contribution in [2.75, 3.05) is 5.48 Å². The number of aryl methyl sites for hydroxylation is 1. The van der Waals surface area contributed by atoms with Gasteiger partial charge in [0.25, 0.3) is 0 Å². The Balaban J connectivity index is 3.14. The molecule has 0 aliphatic heterocycles. The fraction of sp³-hybridized carbons (Fsp3) is 0.143. The molecule has 54 valence electrons. The monoisotopic (exact) mass is 157 g/mol. The zero-order valence-corrected chi connectivity index (χ0v) is 6.31. The summed E-state index contributed by atoms with van der Waals surface area (Å²) in [6.45, 7) is 1.88. The van der Waals surface area contributed by atoms with Gasteiger partial charge < -0.3 is 0 Å². The second-order valence-electron chi connectivity index (χ2n) is 2.05. The lowest BCUT2D eigenvalue weighted by Gasteiger charge is -2.02. The molecule has 3 heteroatoms. The molecule has 0 heterocycles. The van der Waals surface area contributed by atoms with Crippen LogP contribution >= 0.6 is 11.6 Å². The lowest BCUT2D eigenvalue weighted by molar-refractivity contribution is 0.389. The molecule has 0 saturated carbocycles. The zero-order valence-electron chi connectivity index (χ0n) is 5.56. The Labute approximate surface area is 64.4 Å². The normalized spacial score (nSPS) is 9.50. The lowest BCUT2D eigenvalue weighted by Crippen LogP contribution is -1.90. The Hall–Kier alpha value is -0.730. The van der Waals surface area contributed by atoms with E-state index in [0.717, 1.165) is 5.56 Å². The molecule has 0 fully saturated rings. The van der Waals surface area contributed by atoms with Crippen molar-refractivity contribution >= 4 is 17.3 Å². The Morgan fingerprint density at radius 2 is 2.20 bits per heavy atom. The minimum Gasteiger partial charge on any atom is -0.291 e. The second kappa shape index (κ2) is 2.90. The highest BCUT2D eigenvalue weighted by atomic mass is 35.5. The summed E-state index contributed by atoms with van der Waals surface area (Å²) in [7, 11) is 0. The number of hydrogen-bond acceptors (Lipinski definition) is 2. The van der Waals surface area contributed by atoms with Crippen LogP contribution in [-0.2, 0) is 0 Å². The number of rotatable bonds is 1. The number of halogens is 1. The first kappa shape index (κ1) is 7.38. The summed E-state index contributed by atoms with van der Waals surface area (Å²) in [5.74, 6) is 0. The number of benzene rings is 1. The van der Waals surface area contributed by atoms with Gasteiger partial charge in [0.15, 0.2) is 0 Å². The molecule has 2 N–H and O–H groups in total. The van der Waals surface area contributed by atoms with Crippen LogP contribution in [0.4, 0.5) is 5.69 Å². The molecule has 0 aliphatic carbocycles. The first-order chi connectivity index (χ1) is 4.75. The highest BCUT2D eigenvalue weighted by Gasteiger charge is 1.98. The van der Waals surface area contributed by atoms with Gasteiger partial charge in [-0.15, -0.1) is 0 Å². The van der Waals surface area contributed by atoms with Crippen LogP contribution in [-0.4, -0.2) is 5.21 Å². The van der Waals surface area contributed by atoms with E-state index in [1.807, 2.05) is 24.5 Å². The molecular formula is C7H8ClNO. The maximum Gasteiger partial charge on any atom is 0.0791 e. The molecule has 0 aromatic heterocycles. The summed E-state index contributed by atoms with van der Waals surface area (Å²) < 4.78 is 0. The molecule has 0 amide bonds. The SMILES string of the molecule is Cc1cccc(NO)c1Cl. The molecule has 2 nitrogen and oxygen atoms in total. The van der Waals surface area contributed by atoms with Crippen molar-refractivity contribution in [1.29, 1.82) is 0 Å². The highest BCUT2D eigenvalue weighted by Crippen LogP contribution is 2.23. The molecule has 0 atom stereocenters. The van der Waals surface area contributed by atoms with Crippen molar-refractivity contribution in [3.05, 3.63) is 28.8 Å². The highest BCUT2D eigenvalue weighted by molar-refractivity contribution is 6.33. The summed E-state index contributed by atoms with van der Waals surface area (Å²) in [5.41, 5.74) is 3.49. The molecule has 0 spiro atoms. The van der Waals surface area contributed by atoms with Crippen LogP contribution < -0.4 is 5.48 Å². The third kappa shape index (κ3) is 1.23. The molecule has 10 heavy (non-hydrogen) atoms. The summed E-state index contributed by atoms with van der Waals surface area (Å²) in [5, 5.41) is 9.07. The van der Waals surface area contributed by atoms with Crippen molar-refractivity contribution in [3.63, 3.8) is 0 Å². The van der Waals surface area contributed by atoms with E-state index in [1.54, 1.807) is 6.07 Å². The number of anilines is 1. The fourth-order valence-electron chi connectivity index (χ4n) is 0.734. The Morgan fingerprint density at radius 1 is 1.50 bits per heavy atom. The van der Waals surface area contributed by atoms with Gasteiger partial charge in [-0.2, -0.15) is 0 Å². The van der Waals surface area contributed by atoms with Crippen LogP contribution in [0.25, 0.3) is 0 Å². The van der Waals surface area contributed by atoms with Gasteiger partial charge in [0.1, 0.15) is 0 Å². The van der Waals surface area contributed by atoms with Crippen LogP contribution in [0.1, 0.15) is 5.56 Å². The van der Waals surface area contributed by atoms with Crippen LogP contribution in [0.2, 0.25) is 5.02 Å². The average Bonchev–Trinajstić information content (AvgIpc) is 1.95. The maximum atomic E-state index is 8.51. The Bertz CT molecular complexity index is 237. The van der Waals surface area contributed by atoms with Gasteiger partial charge in [-0.3, -0.25) is 10.7 Å². The van der Waals surface area contributed by atoms with E-state index in [-0.39, 0.29) is 0 Å². The molecule has 0 unspecified atom stereocenters. The molecular weight excluding hydrogens is 150 g/mol. The van der Waals surface area contributed by atoms with Crippen LogP contribution in [0.3, 0.4) is 0 Å². The molecule has 0 aliphatic rings. The zero-order chi connectivity index (χ0) is 7.56. The lowest BCUT2D eigenvalue weighted by atomic mass is 10.2. The number of nitrogens with one attached hydrogen (secondary N) is 1. The van der Waals surface area contributed by atoms with E-state index in [0.29, 0.717) is 10.7 Å². The standard InChI is InChI=1S/C7H8ClNO/c1-5-3-2-4-6(9-10)7(5)8/h2-4,9-10H,1H3. The van der Waals surface area contributed by atoms with E-state index in [2.05, 4.69) is 0 Å². The van der Waals surface area contributed by atoms with Gasteiger partial charge in [-0.05, 0) is 18.6 Å². The summed E-state index contributed by atoms with van der Waals surface area (Å²) >= 11 is 5.77. The average molecular weight is 158 g/mol. The smallest absolute Gasteiger partial charge is 0.0791 e. The first-order valence-corrected chi connectivity index (χ1v) is 3.28. The third-order valence-corrected chi connectivity index (χ3v) is 1.81. The van der Waals surface area contributed by atoms with Gasteiger partial charge in [0.05, 0.1) is 10.7 Å². The Kier molecular flexibility index (Phi) is 2.14. The topological polar surface area (TPSA) is 32.3 Å². The van der Waals surface area contributed by atoms with Crippen LogP contribution in [0.5, 0.6) is 0 Å². The van der Waals surface area contributed by atoms with E-state index in [9.17, 15) is 0 Å². The van der Waals surface area contributed by atoms with Gasteiger partial charge in [-0.25, -0.2) is 0 Å². The molecule has 0 bridgehead atoms. The first-order valence-electron chi connectivity index (χ1n) is 2.91. The number of hydrogen-bond donors (Lipinski definition) is 2. The summed E-state index contributed by atoms with van der Waals surface area (Å²) in [6, 6.07) is 5.40. The minimum absolute atomic E-state index is 0.543. The van der Waals surface area contributed by atoms with E-state index >= 15 is 0 Å². The van der Waals surface area contributed by atoms with Gasteiger partial charge in [0.2, 0.25) is 0 Å². The maximum absolute atomic E-state index is 8.51. The second-order valence-corrected chi connectivity index (χ2v) is 2.43. The van der Waals surface area contributed by atoms with Crippen LogP contribution in [0.15, 0.2) is 18.2 Å². The van der Waals surface area contributed by atoms with Crippen LogP contribution in [0, 0.1) is 6.92 Å². The predicted molar refractivity (Wildman–Crippen MR) is 41.6 cm³/mol. The molecule has 0 radical (unpaired) electrons. The summed E-state index contributed by atoms with van der Waals surface area (Å²) in [6.07, 6.45) is 0. The summed E-state index contributed by atoms with van der Waals surface area (Å²) in [4.78, 5) is 0. The largest absolute Gasteiger partial charge is 0.291 e. The van der Waals surface area contributed by atoms with Gasteiger partial charge in [-0.1, -0.05) is 23.7 Å². The molecule has 1 rings (SSSR count). The molecule has 0 saturated heterocycles. The van der Waals surface area contributed by atoms with Crippen molar-refractivity contribution < 1.29 is 5.21 Å². The van der Waals surface area contributed by atoms with E-state index < -0.39 is 0 Å². The minimum atomic E-state index is 0.543. The fourth-order valence-corrected chi connectivity index (χ4v) is 0.902. The van der Waals surface area contributed by atoms with Crippen molar-refractivity contribution in [2.45, 2.75) is 6.92 Å². The predicted octanol–water partition coefficient (Wildman–Crippen LogP) is 2.45. The van der Waals surface area contributed by atoms with Gasteiger partial charge in [0, 0.05) is 0 Å². The van der Waals surface area contributed by atoms with Crippen molar-refractivity contribution in [2.24, 2.45) is 0 Å². The molecule has 1 aromatic carbocycles.